The molecule has 0 radical (unpaired) electrons. The zero-order chi connectivity index (χ0) is 24.0. The molecule has 3 aromatic rings. The predicted molar refractivity (Wildman–Crippen MR) is 121 cm³/mol. The summed E-state index contributed by atoms with van der Waals surface area (Å²) < 4.78 is 54.4. The van der Waals surface area contributed by atoms with Crippen LogP contribution in [0.5, 0.6) is 5.75 Å². The summed E-state index contributed by atoms with van der Waals surface area (Å²) in [5.74, 6) is -0.0482. The maximum Gasteiger partial charge on any atom is 0.387 e. The van der Waals surface area contributed by atoms with E-state index in [0.29, 0.717) is 28.0 Å². The number of benzene rings is 2. The number of carbonyl (C=O) groups excluding carboxylic acids is 1. The van der Waals surface area contributed by atoms with Gasteiger partial charge in [0.15, 0.2) is 15.7 Å². The third-order valence-electron chi connectivity index (χ3n) is 5.15. The minimum absolute atomic E-state index is 0.00390. The van der Waals surface area contributed by atoms with E-state index in [1.54, 1.807) is 41.9 Å². The molecule has 2 aromatic carbocycles. The summed E-state index contributed by atoms with van der Waals surface area (Å²) in [6.45, 7) is 2.64. The highest BCUT2D eigenvalue weighted by atomic mass is 32.2. The summed E-state index contributed by atoms with van der Waals surface area (Å²) in [6, 6.07) is 11.2. The lowest BCUT2D eigenvalue weighted by Gasteiger charge is -2.38. The number of carbonyl (C=O) groups is 1. The molecule has 2 heterocycles. The number of aromatic nitrogens is 2. The number of alkyl halides is 2. The monoisotopic (exact) mass is 478 g/mol. The van der Waals surface area contributed by atoms with Crippen LogP contribution in [0.1, 0.15) is 31.1 Å². The molecule has 1 aliphatic heterocycles. The fourth-order valence-corrected chi connectivity index (χ4v) is 5.98. The van der Waals surface area contributed by atoms with Gasteiger partial charge < -0.3 is 15.4 Å². The van der Waals surface area contributed by atoms with Gasteiger partial charge in [0.05, 0.1) is 28.2 Å². The molecule has 33 heavy (non-hydrogen) atoms. The van der Waals surface area contributed by atoms with E-state index in [9.17, 15) is 22.0 Å². The van der Waals surface area contributed by atoms with Crippen molar-refractivity contribution in [3.8, 4) is 11.4 Å². The quantitative estimate of drug-likeness (QED) is 0.540. The van der Waals surface area contributed by atoms with Crippen molar-refractivity contribution in [1.82, 2.24) is 15.1 Å². The van der Waals surface area contributed by atoms with Gasteiger partial charge in [-0.05, 0) is 51.1 Å². The molecule has 176 valence electrons. The highest BCUT2D eigenvalue weighted by Crippen LogP contribution is 2.30. The maximum absolute atomic E-state index is 12.8. The first-order valence-corrected chi connectivity index (χ1v) is 12.1. The fraction of sp³-hybridized carbons (Fsp3) is 0.364. The van der Waals surface area contributed by atoms with Crippen molar-refractivity contribution in [2.45, 2.75) is 39.0 Å². The number of sulfone groups is 1. The van der Waals surface area contributed by atoms with Crippen LogP contribution < -0.4 is 15.4 Å². The van der Waals surface area contributed by atoms with E-state index in [0.717, 1.165) is 0 Å². The highest BCUT2D eigenvalue weighted by molar-refractivity contribution is 7.93. The van der Waals surface area contributed by atoms with Crippen LogP contribution in [0.25, 0.3) is 16.6 Å². The van der Waals surface area contributed by atoms with Crippen molar-refractivity contribution >= 4 is 32.5 Å². The predicted octanol–water partition coefficient (Wildman–Crippen LogP) is 3.36. The molecule has 1 saturated heterocycles. The number of rotatable bonds is 7. The Hall–Kier alpha value is -3.21. The minimum atomic E-state index is -3.11. The molecule has 1 fully saturated rings. The van der Waals surface area contributed by atoms with Gasteiger partial charge in [0, 0.05) is 23.1 Å². The maximum atomic E-state index is 12.8. The number of hydrogen-bond donors (Lipinski definition) is 2. The van der Waals surface area contributed by atoms with Crippen molar-refractivity contribution in [3.05, 3.63) is 48.0 Å². The zero-order valence-electron chi connectivity index (χ0n) is 18.3. The van der Waals surface area contributed by atoms with Gasteiger partial charge in [0.2, 0.25) is 0 Å². The Morgan fingerprint density at radius 2 is 1.91 bits per heavy atom. The van der Waals surface area contributed by atoms with Gasteiger partial charge in [-0.25, -0.2) is 13.1 Å². The molecule has 0 saturated carbocycles. The van der Waals surface area contributed by atoms with Gasteiger partial charge >= 0.3 is 6.61 Å². The Balaban J connectivity index is 1.71. The van der Waals surface area contributed by atoms with Gasteiger partial charge in [-0.15, -0.1) is 5.10 Å². The largest absolute Gasteiger partial charge is 0.435 e. The lowest BCUT2D eigenvalue weighted by molar-refractivity contribution is -0.0498. The van der Waals surface area contributed by atoms with Gasteiger partial charge in [0.1, 0.15) is 5.75 Å². The fourth-order valence-electron chi connectivity index (χ4n) is 3.97. The summed E-state index contributed by atoms with van der Waals surface area (Å²) in [4.78, 5) is 12.8. The Morgan fingerprint density at radius 3 is 2.55 bits per heavy atom. The second kappa shape index (κ2) is 8.29. The first-order chi connectivity index (χ1) is 15.4. The van der Waals surface area contributed by atoms with Crippen LogP contribution in [-0.4, -0.2) is 53.8 Å². The van der Waals surface area contributed by atoms with Gasteiger partial charge in [0.25, 0.3) is 5.91 Å². The van der Waals surface area contributed by atoms with Crippen molar-refractivity contribution in [2.24, 2.45) is 0 Å². The average Bonchev–Trinajstić information content (AvgIpc) is 3.03. The summed E-state index contributed by atoms with van der Waals surface area (Å²) in [6.07, 6.45) is 0. The molecule has 11 heteroatoms. The van der Waals surface area contributed by atoms with E-state index >= 15 is 0 Å². The van der Waals surface area contributed by atoms with Crippen LogP contribution in [0.3, 0.4) is 0 Å². The molecular formula is C22H24F2N4O4S. The Bertz CT molecular complexity index is 1310. The highest BCUT2D eigenvalue weighted by Gasteiger charge is 2.45. The Labute approximate surface area is 189 Å². The van der Waals surface area contributed by atoms with Crippen LogP contribution in [0.4, 0.5) is 14.6 Å². The number of anilines is 1. The number of nitrogens with one attached hydrogen (secondary N) is 2. The summed E-state index contributed by atoms with van der Waals surface area (Å²) in [5.41, 5.74) is 0.731. The average molecular weight is 479 g/mol. The summed E-state index contributed by atoms with van der Waals surface area (Å²) in [7, 11) is -3.11. The third-order valence-corrected chi connectivity index (χ3v) is 7.30. The summed E-state index contributed by atoms with van der Waals surface area (Å²) in [5, 5.41) is 11.3. The Morgan fingerprint density at radius 1 is 1.18 bits per heavy atom. The van der Waals surface area contributed by atoms with Crippen molar-refractivity contribution < 1.29 is 26.7 Å². The van der Waals surface area contributed by atoms with E-state index in [2.05, 4.69) is 20.5 Å². The van der Waals surface area contributed by atoms with Crippen LogP contribution in [0.15, 0.2) is 42.5 Å². The zero-order valence-corrected chi connectivity index (χ0v) is 19.1. The summed E-state index contributed by atoms with van der Waals surface area (Å²) >= 11 is 0. The standard InChI is InChI=1S/C22H24F2N4O4S/c1-13(2)25-19-17-9-14(20(29)26-22(3)11-33(30,31)12-22)7-8-18(17)28(27-19)15-5-4-6-16(10-15)32-21(23)24/h4-10,13,21H,11-12H2,1-3H3,(H,25,27)(H,26,29). The molecule has 2 N–H and O–H groups in total. The first-order valence-electron chi connectivity index (χ1n) is 10.3. The van der Waals surface area contributed by atoms with E-state index in [4.69, 9.17) is 0 Å². The molecule has 0 aliphatic carbocycles. The number of fused-ring (bicyclic) bond motifs is 1. The minimum Gasteiger partial charge on any atom is -0.435 e. The molecule has 8 nitrogen and oxygen atoms in total. The SMILES string of the molecule is CC(C)Nc1nn(-c2cccc(OC(F)F)c2)c2ccc(C(=O)NC3(C)CS(=O)(=O)C3)cc12. The molecular weight excluding hydrogens is 454 g/mol. The van der Waals surface area contributed by atoms with Crippen LogP contribution in [0.2, 0.25) is 0 Å². The van der Waals surface area contributed by atoms with Gasteiger partial charge in [-0.1, -0.05) is 6.07 Å². The van der Waals surface area contributed by atoms with E-state index < -0.39 is 22.0 Å². The number of amides is 1. The molecule has 1 amide bonds. The number of hydrogen-bond acceptors (Lipinski definition) is 6. The molecule has 0 unspecified atom stereocenters. The molecule has 0 atom stereocenters. The van der Waals surface area contributed by atoms with Crippen molar-refractivity contribution in [2.75, 3.05) is 16.8 Å². The molecule has 1 aromatic heterocycles. The Kier molecular flexibility index (Phi) is 5.77. The smallest absolute Gasteiger partial charge is 0.387 e. The lowest BCUT2D eigenvalue weighted by Crippen LogP contribution is -2.63. The normalized spacial score (nSPS) is 16.6. The number of halogens is 2. The van der Waals surface area contributed by atoms with E-state index in [1.165, 1.54) is 12.1 Å². The van der Waals surface area contributed by atoms with E-state index in [1.807, 2.05) is 13.8 Å². The lowest BCUT2D eigenvalue weighted by atomic mass is 10.1. The topological polar surface area (TPSA) is 102 Å². The van der Waals surface area contributed by atoms with Gasteiger partial charge in [-0.2, -0.15) is 8.78 Å². The van der Waals surface area contributed by atoms with Crippen molar-refractivity contribution in [1.29, 1.82) is 0 Å². The molecule has 1 aliphatic rings. The van der Waals surface area contributed by atoms with Crippen LogP contribution in [-0.2, 0) is 9.84 Å². The molecule has 0 spiro atoms. The molecule has 4 rings (SSSR count). The second-order valence-electron chi connectivity index (χ2n) is 8.71. The van der Waals surface area contributed by atoms with Crippen molar-refractivity contribution in [3.63, 3.8) is 0 Å². The molecule has 0 bridgehead atoms. The number of nitrogens with zero attached hydrogens (tertiary/aromatic N) is 2. The first kappa shape index (κ1) is 23.0. The van der Waals surface area contributed by atoms with Crippen LogP contribution in [0, 0.1) is 0 Å². The number of ether oxygens (including phenoxy) is 1. The van der Waals surface area contributed by atoms with Gasteiger partial charge in [-0.3, -0.25) is 4.79 Å². The van der Waals surface area contributed by atoms with Crippen LogP contribution >= 0.6 is 0 Å². The third kappa shape index (κ3) is 4.92. The van der Waals surface area contributed by atoms with E-state index in [-0.39, 0.29) is 29.2 Å². The second-order valence-corrected chi connectivity index (χ2v) is 10.8.